The fraction of sp³-hybridized carbons (Fsp3) is 0.458. The number of hydrogen-bond acceptors (Lipinski definition) is 4. The maximum Gasteiger partial charge on any atom is 0.164 e. The summed E-state index contributed by atoms with van der Waals surface area (Å²) in [4.78, 5) is 19.8. The third kappa shape index (κ3) is 8.95. The van der Waals surface area contributed by atoms with Crippen LogP contribution in [0, 0.1) is 28.2 Å². The minimum atomic E-state index is -0.337. The Kier molecular flexibility index (Phi) is 13.9. The molecule has 0 fully saturated rings. The molecule has 4 aromatic carbocycles. The Labute approximate surface area is 337 Å². The maximum atomic E-state index is 12.2. The Balaban J connectivity index is 0.000000299. The number of carbonyl (C=O) groups is 1. The van der Waals surface area contributed by atoms with E-state index in [0.29, 0.717) is 5.92 Å². The zero-order chi connectivity index (χ0) is 38.0. The summed E-state index contributed by atoms with van der Waals surface area (Å²) in [7, 11) is 0. The van der Waals surface area contributed by atoms with E-state index in [9.17, 15) is 9.90 Å². The quantitative estimate of drug-likeness (QED) is 0.0609. The second kappa shape index (κ2) is 17.2. The number of aryl methyl sites for hydroxylation is 1. The summed E-state index contributed by atoms with van der Waals surface area (Å²) >= 11 is 1.93. The van der Waals surface area contributed by atoms with Crippen LogP contribution in [0.3, 0.4) is 0 Å². The minimum absolute atomic E-state index is 0. The van der Waals surface area contributed by atoms with E-state index in [1.807, 2.05) is 59.5 Å². The Morgan fingerprint density at radius 3 is 2.11 bits per heavy atom. The molecule has 0 unspecified atom stereocenters. The molecule has 285 valence electrons. The van der Waals surface area contributed by atoms with E-state index < -0.39 is 0 Å². The molecule has 6 rings (SSSR count). The van der Waals surface area contributed by atoms with Crippen molar-refractivity contribution < 1.29 is 30.0 Å². The number of pyridine rings is 1. The van der Waals surface area contributed by atoms with Gasteiger partial charge >= 0.3 is 0 Å². The van der Waals surface area contributed by atoms with Crippen LogP contribution in [0.25, 0.3) is 43.6 Å². The van der Waals surface area contributed by atoms with Crippen molar-refractivity contribution in [1.82, 2.24) is 4.98 Å². The van der Waals surface area contributed by atoms with Crippen molar-refractivity contribution in [3.63, 3.8) is 0 Å². The topological polar surface area (TPSA) is 50.2 Å². The molecule has 5 heteroatoms. The molecule has 0 aliphatic carbocycles. The second-order valence-corrected chi connectivity index (χ2v) is 18.1. The smallest absolute Gasteiger partial charge is 0.164 e. The molecule has 2 heterocycles. The standard InChI is InChI=1S/C33H32NS.C15H28O2.Ir/c1-20(2)13-14-21-10-8-12-24-25-15-16-34-31-27-17-22-9-6-7-11-23(22)28(19-33(3,4)5)32(27)35-29(30(25)31)18-26(21)24;1-7-14(5,8-2)12(16)11-13(17)15(6,9-3)10-4;/h6-12,15-16,18,20H,13-14,19H2,1-5H3;11,16H,7-10H2,1-6H3;/q-1;;/b;12-11-;. The molecule has 0 spiro atoms. The van der Waals surface area contributed by atoms with Crippen LogP contribution in [0.2, 0.25) is 0 Å². The van der Waals surface area contributed by atoms with Gasteiger partial charge in [0.05, 0.1) is 0 Å². The minimum Gasteiger partial charge on any atom is -0.512 e. The number of carbonyl (C=O) groups excluding carboxylic acids is 1. The van der Waals surface area contributed by atoms with Crippen molar-refractivity contribution in [3.8, 4) is 11.3 Å². The van der Waals surface area contributed by atoms with Gasteiger partial charge in [0.15, 0.2) is 5.78 Å². The van der Waals surface area contributed by atoms with E-state index in [1.165, 1.54) is 71.3 Å². The number of aromatic nitrogens is 1. The van der Waals surface area contributed by atoms with Gasteiger partial charge in [-0.15, -0.1) is 29.3 Å². The Bertz CT molecular complexity index is 2110. The van der Waals surface area contributed by atoms with E-state index in [-0.39, 0.29) is 47.9 Å². The first-order valence-corrected chi connectivity index (χ1v) is 20.3. The van der Waals surface area contributed by atoms with Gasteiger partial charge in [-0.3, -0.25) is 9.78 Å². The molecule has 53 heavy (non-hydrogen) atoms. The number of aliphatic hydroxyl groups is 1. The molecule has 1 radical (unpaired) electrons. The van der Waals surface area contributed by atoms with Crippen molar-refractivity contribution >= 4 is 49.9 Å². The Morgan fingerprint density at radius 1 is 0.849 bits per heavy atom. The number of aliphatic hydroxyl groups excluding tert-OH is 1. The van der Waals surface area contributed by atoms with Gasteiger partial charge < -0.3 is 5.11 Å². The fourth-order valence-electron chi connectivity index (χ4n) is 7.19. The predicted molar refractivity (Wildman–Crippen MR) is 225 cm³/mol. The van der Waals surface area contributed by atoms with Crippen LogP contribution in [0.5, 0.6) is 0 Å². The van der Waals surface area contributed by atoms with Crippen LogP contribution in [-0.2, 0) is 37.7 Å². The molecule has 3 nitrogen and oxygen atoms in total. The normalized spacial score (nSPS) is 13.2. The predicted octanol–water partition coefficient (Wildman–Crippen LogP) is 14.3. The molecule has 0 atom stereocenters. The summed E-state index contributed by atoms with van der Waals surface area (Å²) in [6.45, 7) is 23.7. The third-order valence-corrected chi connectivity index (χ3v) is 12.9. The van der Waals surface area contributed by atoms with Gasteiger partial charge in [0.2, 0.25) is 0 Å². The summed E-state index contributed by atoms with van der Waals surface area (Å²) in [6, 6.07) is 24.0. The molecule has 5 aromatic rings. The average Bonchev–Trinajstić information content (AvgIpc) is 3.13. The van der Waals surface area contributed by atoms with Crippen LogP contribution < -0.4 is 0 Å². The van der Waals surface area contributed by atoms with Gasteiger partial charge in [-0.1, -0.05) is 129 Å². The Morgan fingerprint density at radius 2 is 1.49 bits per heavy atom. The summed E-state index contributed by atoms with van der Waals surface area (Å²) < 4.78 is 0. The van der Waals surface area contributed by atoms with Crippen molar-refractivity contribution in [2.24, 2.45) is 22.2 Å². The number of ketones is 1. The summed E-state index contributed by atoms with van der Waals surface area (Å²) in [5.41, 5.74) is 4.73. The van der Waals surface area contributed by atoms with Gasteiger partial charge in [-0.05, 0) is 100 Å². The average molecular weight is 907 g/mol. The van der Waals surface area contributed by atoms with E-state index >= 15 is 0 Å². The number of nitrogens with zero attached hydrogens (tertiary/aromatic N) is 1. The Hall–Kier alpha value is -2.98. The van der Waals surface area contributed by atoms with E-state index in [0.717, 1.165) is 44.2 Å². The number of fused-ring (bicyclic) bond motifs is 5. The molecule has 1 aromatic heterocycles. The van der Waals surface area contributed by atoms with Crippen LogP contribution >= 0.6 is 11.8 Å². The number of benzene rings is 4. The van der Waals surface area contributed by atoms with Gasteiger partial charge in [0.25, 0.3) is 0 Å². The molecule has 1 N–H and O–H groups in total. The van der Waals surface area contributed by atoms with Crippen molar-refractivity contribution in [1.29, 1.82) is 0 Å². The van der Waals surface area contributed by atoms with Crippen molar-refractivity contribution in [2.45, 2.75) is 131 Å². The van der Waals surface area contributed by atoms with Gasteiger partial charge in [-0.2, -0.15) is 0 Å². The summed E-state index contributed by atoms with van der Waals surface area (Å²) in [6.07, 6.45) is 10.1. The summed E-state index contributed by atoms with van der Waals surface area (Å²) in [5.74, 6) is 0.985. The van der Waals surface area contributed by atoms with Crippen LogP contribution in [-0.4, -0.2) is 15.9 Å². The monoisotopic (exact) mass is 907 g/mol. The first-order chi connectivity index (χ1) is 24.6. The molecule has 0 bridgehead atoms. The molecular weight excluding hydrogens is 847 g/mol. The molecule has 0 saturated heterocycles. The largest absolute Gasteiger partial charge is 0.512 e. The number of hydrogen-bond donors (Lipinski definition) is 1. The first-order valence-electron chi connectivity index (χ1n) is 19.5. The van der Waals surface area contributed by atoms with E-state index in [2.05, 4.69) is 95.3 Å². The molecule has 1 aliphatic heterocycles. The zero-order valence-corrected chi connectivity index (χ0v) is 37.1. The maximum absolute atomic E-state index is 12.2. The second-order valence-electron chi connectivity index (χ2n) is 17.0. The molecular formula is C48H60IrNO2S-. The molecule has 0 amide bonds. The number of allylic oxidation sites excluding steroid dienone is 2. The van der Waals surface area contributed by atoms with E-state index in [4.69, 9.17) is 4.98 Å². The SMILES string of the molecule is CC(C)CCc1cccc2c1cc1c3c(nccc32)-c2[c-]c3ccccc3c(CC(C)(C)C)c2S1.CCC(C)(CC)C(=O)/C=C(\O)C(C)(CC)CC.[Ir]. The fourth-order valence-corrected chi connectivity index (χ4v) is 8.45. The molecule has 0 saturated carbocycles. The van der Waals surface area contributed by atoms with Gasteiger partial charge in [0, 0.05) is 53.8 Å². The number of rotatable bonds is 11. The van der Waals surface area contributed by atoms with Crippen LogP contribution in [0.4, 0.5) is 0 Å². The van der Waals surface area contributed by atoms with Crippen molar-refractivity contribution in [2.75, 3.05) is 0 Å². The summed E-state index contributed by atoms with van der Waals surface area (Å²) in [5, 5.41) is 18.0. The van der Waals surface area contributed by atoms with E-state index in [1.54, 1.807) is 0 Å². The van der Waals surface area contributed by atoms with Crippen molar-refractivity contribution in [3.05, 3.63) is 89.8 Å². The zero-order valence-electron chi connectivity index (χ0n) is 33.9. The van der Waals surface area contributed by atoms with Gasteiger partial charge in [-0.25, -0.2) is 0 Å². The first kappa shape index (κ1) is 42.8. The van der Waals surface area contributed by atoms with Gasteiger partial charge in [0.1, 0.15) is 5.76 Å². The third-order valence-electron chi connectivity index (χ3n) is 11.7. The molecule has 1 aliphatic rings. The van der Waals surface area contributed by atoms with Crippen LogP contribution in [0.1, 0.15) is 119 Å². The van der Waals surface area contributed by atoms with Crippen LogP contribution in [0.15, 0.2) is 82.4 Å².